The van der Waals surface area contributed by atoms with Crippen molar-refractivity contribution in [2.45, 2.75) is 19.1 Å². The van der Waals surface area contributed by atoms with Crippen LogP contribution in [-0.4, -0.2) is 18.4 Å². The average Bonchev–Trinajstić information content (AvgIpc) is 3.01. The van der Waals surface area contributed by atoms with E-state index < -0.39 is 35.3 Å². The lowest BCUT2D eigenvalue weighted by Gasteiger charge is -2.17. The highest BCUT2D eigenvalue weighted by molar-refractivity contribution is 6.09. The summed E-state index contributed by atoms with van der Waals surface area (Å²) in [5.41, 5.74) is -0.0118. The molecule has 1 heterocycles. The van der Waals surface area contributed by atoms with E-state index in [0.29, 0.717) is 17.8 Å². The lowest BCUT2D eigenvalue weighted by atomic mass is 10.1. The minimum atomic E-state index is -4.46. The third kappa shape index (κ3) is 4.27. The second-order valence-corrected chi connectivity index (χ2v) is 6.22. The molecule has 1 aliphatic rings. The van der Waals surface area contributed by atoms with E-state index in [2.05, 4.69) is 5.32 Å². The molecule has 1 aliphatic heterocycles. The summed E-state index contributed by atoms with van der Waals surface area (Å²) < 4.78 is 51.2. The van der Waals surface area contributed by atoms with Crippen molar-refractivity contribution in [3.05, 3.63) is 65.5 Å². The van der Waals surface area contributed by atoms with Crippen LogP contribution in [0, 0.1) is 11.7 Å². The lowest BCUT2D eigenvalue weighted by Crippen LogP contribution is -2.36. The number of hydrogen-bond acceptors (Lipinski definition) is 2. The molecule has 0 radical (unpaired) electrons. The molecular formula is C19H16F4N2O2. The molecule has 8 heteroatoms. The number of nitrogens with zero attached hydrogens (tertiary/aromatic N) is 1. The zero-order chi connectivity index (χ0) is 19.6. The second kappa shape index (κ2) is 7.38. The van der Waals surface area contributed by atoms with Crippen LogP contribution in [0.4, 0.5) is 23.2 Å². The van der Waals surface area contributed by atoms with Crippen LogP contribution in [0.15, 0.2) is 48.5 Å². The van der Waals surface area contributed by atoms with Gasteiger partial charge in [0.15, 0.2) is 0 Å². The maximum absolute atomic E-state index is 13.0. The van der Waals surface area contributed by atoms with Crippen molar-refractivity contribution < 1.29 is 27.2 Å². The van der Waals surface area contributed by atoms with Crippen molar-refractivity contribution in [3.63, 3.8) is 0 Å². The molecule has 1 fully saturated rings. The SMILES string of the molecule is O=C(NCc1cccc(C(F)(F)F)c1)[C@@H]1CCN(c2ccc(F)cc2)C1=O. The van der Waals surface area contributed by atoms with Gasteiger partial charge in [-0.1, -0.05) is 12.1 Å². The van der Waals surface area contributed by atoms with Gasteiger partial charge in [0.25, 0.3) is 0 Å². The van der Waals surface area contributed by atoms with E-state index in [4.69, 9.17) is 0 Å². The van der Waals surface area contributed by atoms with Crippen LogP contribution in [-0.2, 0) is 22.3 Å². The van der Waals surface area contributed by atoms with E-state index >= 15 is 0 Å². The normalized spacial score (nSPS) is 17.3. The summed E-state index contributed by atoms with van der Waals surface area (Å²) in [6.07, 6.45) is -4.18. The van der Waals surface area contributed by atoms with Gasteiger partial charge in [-0.2, -0.15) is 13.2 Å². The fourth-order valence-corrected chi connectivity index (χ4v) is 2.97. The topological polar surface area (TPSA) is 49.4 Å². The molecule has 0 spiro atoms. The predicted octanol–water partition coefficient (Wildman–Crippen LogP) is 3.51. The number of rotatable bonds is 4. The number of alkyl halides is 3. The maximum atomic E-state index is 13.0. The lowest BCUT2D eigenvalue weighted by molar-refractivity contribution is -0.137. The molecule has 142 valence electrons. The number of nitrogens with one attached hydrogen (secondary N) is 1. The molecular weight excluding hydrogens is 364 g/mol. The van der Waals surface area contributed by atoms with E-state index in [0.717, 1.165) is 12.1 Å². The molecule has 3 rings (SSSR count). The van der Waals surface area contributed by atoms with Crippen molar-refractivity contribution in [1.29, 1.82) is 0 Å². The van der Waals surface area contributed by atoms with Gasteiger partial charge in [0.05, 0.1) is 5.56 Å². The van der Waals surface area contributed by atoms with Crippen molar-refractivity contribution in [3.8, 4) is 0 Å². The molecule has 27 heavy (non-hydrogen) atoms. The van der Waals surface area contributed by atoms with Gasteiger partial charge in [0.2, 0.25) is 11.8 Å². The van der Waals surface area contributed by atoms with E-state index in [1.54, 1.807) is 0 Å². The van der Waals surface area contributed by atoms with Crippen molar-refractivity contribution in [1.82, 2.24) is 5.32 Å². The van der Waals surface area contributed by atoms with Crippen LogP contribution in [0.3, 0.4) is 0 Å². The monoisotopic (exact) mass is 380 g/mol. The van der Waals surface area contributed by atoms with Crippen LogP contribution in [0.2, 0.25) is 0 Å². The maximum Gasteiger partial charge on any atom is 0.416 e. The summed E-state index contributed by atoms with van der Waals surface area (Å²) in [4.78, 5) is 26.1. The highest BCUT2D eigenvalue weighted by atomic mass is 19.4. The molecule has 4 nitrogen and oxygen atoms in total. The van der Waals surface area contributed by atoms with Gasteiger partial charge in [-0.25, -0.2) is 4.39 Å². The fraction of sp³-hybridized carbons (Fsp3) is 0.263. The Labute approximate surface area is 152 Å². The van der Waals surface area contributed by atoms with Crippen LogP contribution >= 0.6 is 0 Å². The minimum absolute atomic E-state index is 0.108. The molecule has 0 unspecified atom stereocenters. The quantitative estimate of drug-likeness (QED) is 0.652. The number of carbonyl (C=O) groups is 2. The van der Waals surface area contributed by atoms with Gasteiger partial charge in [-0.05, 0) is 48.4 Å². The Morgan fingerprint density at radius 1 is 1.15 bits per heavy atom. The van der Waals surface area contributed by atoms with E-state index in [9.17, 15) is 27.2 Å². The van der Waals surface area contributed by atoms with Crippen LogP contribution in [0.25, 0.3) is 0 Å². The summed E-state index contributed by atoms with van der Waals surface area (Å²) >= 11 is 0. The first-order chi connectivity index (χ1) is 12.8. The molecule has 1 atom stereocenters. The number of anilines is 1. The highest BCUT2D eigenvalue weighted by Crippen LogP contribution is 2.29. The van der Waals surface area contributed by atoms with Gasteiger partial charge >= 0.3 is 6.18 Å². The summed E-state index contributed by atoms with van der Waals surface area (Å²) in [7, 11) is 0. The molecule has 1 saturated heterocycles. The zero-order valence-electron chi connectivity index (χ0n) is 14.1. The van der Waals surface area contributed by atoms with Gasteiger partial charge in [0.1, 0.15) is 11.7 Å². The Balaban J connectivity index is 1.62. The Morgan fingerprint density at radius 2 is 1.85 bits per heavy atom. The van der Waals surface area contributed by atoms with Crippen molar-refractivity contribution >= 4 is 17.5 Å². The standard InChI is InChI=1S/C19H16F4N2O2/c20-14-4-6-15(7-5-14)25-9-8-16(18(25)27)17(26)24-11-12-2-1-3-13(10-12)19(21,22)23/h1-7,10,16H,8-9,11H2,(H,24,26)/t16-/m0/s1. The zero-order valence-corrected chi connectivity index (χ0v) is 14.1. The molecule has 0 bridgehead atoms. The third-order valence-corrected chi connectivity index (χ3v) is 4.38. The molecule has 0 saturated carbocycles. The van der Waals surface area contributed by atoms with Gasteiger partial charge in [0, 0.05) is 18.8 Å². The highest BCUT2D eigenvalue weighted by Gasteiger charge is 2.37. The molecule has 2 aromatic rings. The van der Waals surface area contributed by atoms with Gasteiger partial charge in [-0.3, -0.25) is 9.59 Å². The Morgan fingerprint density at radius 3 is 2.52 bits per heavy atom. The van der Waals surface area contributed by atoms with Gasteiger partial charge in [-0.15, -0.1) is 0 Å². The second-order valence-electron chi connectivity index (χ2n) is 6.22. The van der Waals surface area contributed by atoms with Crippen molar-refractivity contribution in [2.24, 2.45) is 5.92 Å². The first-order valence-corrected chi connectivity index (χ1v) is 8.26. The predicted molar refractivity (Wildman–Crippen MR) is 90.2 cm³/mol. The fourth-order valence-electron chi connectivity index (χ4n) is 2.97. The van der Waals surface area contributed by atoms with E-state index in [-0.39, 0.29) is 13.0 Å². The van der Waals surface area contributed by atoms with Crippen LogP contribution < -0.4 is 10.2 Å². The molecule has 1 N–H and O–H groups in total. The van der Waals surface area contributed by atoms with Gasteiger partial charge < -0.3 is 10.2 Å². The molecule has 0 aromatic heterocycles. The first-order valence-electron chi connectivity index (χ1n) is 8.26. The van der Waals surface area contributed by atoms with Crippen molar-refractivity contribution in [2.75, 3.05) is 11.4 Å². The first kappa shape index (κ1) is 18.9. The molecule has 2 amide bonds. The van der Waals surface area contributed by atoms with Crippen LogP contribution in [0.1, 0.15) is 17.5 Å². The Bertz CT molecular complexity index is 850. The largest absolute Gasteiger partial charge is 0.416 e. The minimum Gasteiger partial charge on any atom is -0.351 e. The summed E-state index contributed by atoms with van der Waals surface area (Å²) in [6.45, 7) is 0.204. The summed E-state index contributed by atoms with van der Waals surface area (Å²) in [6, 6.07) is 10.0. The van der Waals surface area contributed by atoms with E-state index in [1.807, 2.05) is 0 Å². The van der Waals surface area contributed by atoms with E-state index in [1.165, 1.54) is 41.3 Å². The molecule has 0 aliphatic carbocycles. The summed E-state index contributed by atoms with van der Waals surface area (Å²) in [5, 5.41) is 2.52. The Hall–Kier alpha value is -2.90. The van der Waals surface area contributed by atoms with Crippen LogP contribution in [0.5, 0.6) is 0 Å². The number of benzene rings is 2. The average molecular weight is 380 g/mol. The number of amides is 2. The Kier molecular flexibility index (Phi) is 5.16. The smallest absolute Gasteiger partial charge is 0.351 e. The number of carbonyl (C=O) groups excluding carboxylic acids is 2. The third-order valence-electron chi connectivity index (χ3n) is 4.38. The molecule has 2 aromatic carbocycles. The number of hydrogen-bond donors (Lipinski definition) is 1. The summed E-state index contributed by atoms with van der Waals surface area (Å²) in [5.74, 6) is -2.30. The number of halogens is 4.